The van der Waals surface area contributed by atoms with Gasteiger partial charge >= 0.3 is 0 Å². The first-order chi connectivity index (χ1) is 55.1. The van der Waals surface area contributed by atoms with Gasteiger partial charge in [-0.1, -0.05) is 47.0 Å². The maximum atomic E-state index is 12.8. The van der Waals surface area contributed by atoms with Gasteiger partial charge < -0.3 is 66.5 Å². The van der Waals surface area contributed by atoms with E-state index in [0.717, 1.165) is 92.9 Å². The fourth-order valence-corrected chi connectivity index (χ4v) is 16.3. The average molecular weight is 1780 g/mol. The van der Waals surface area contributed by atoms with E-state index in [1.807, 2.05) is 65.8 Å². The lowest BCUT2D eigenvalue weighted by molar-refractivity contribution is 0.242. The molecule has 12 rings (SSSR count). The highest BCUT2D eigenvalue weighted by Crippen LogP contribution is 2.41. The summed E-state index contributed by atoms with van der Waals surface area (Å²) in [6, 6.07) is 24.7. The Hall–Kier alpha value is -8.99. The van der Waals surface area contributed by atoms with Gasteiger partial charge in [0.2, 0.25) is 17.8 Å². The molecule has 1 fully saturated rings. The summed E-state index contributed by atoms with van der Waals surface area (Å²) in [4.78, 5) is 43.6. The van der Waals surface area contributed by atoms with E-state index in [0.29, 0.717) is 40.4 Å². The number of hydrogen-bond donors (Lipinski definition) is 8. The van der Waals surface area contributed by atoms with E-state index in [2.05, 4.69) is 155 Å². The molecule has 36 heteroatoms. The van der Waals surface area contributed by atoms with Crippen LogP contribution in [-0.2, 0) is 29.5 Å². The quantitative estimate of drug-likeness (QED) is 0.0226. The predicted molar refractivity (Wildman–Crippen MR) is 481 cm³/mol. The Morgan fingerprint density at radius 2 is 0.788 bits per heavy atom. The Morgan fingerprint density at radius 3 is 1.10 bits per heavy atom. The van der Waals surface area contributed by atoms with Crippen LogP contribution in [0.15, 0.2) is 143 Å². The normalized spacial score (nSPS) is 14.0. The SMILES string of the molecule is CC(C)Oc1cc(N2CCC(N(C)C)CC2)ccc1Nc1ncc(Cl)c(Nc2cccnc2S(=O)(=O)C(C)C)n1.Cc1cc(Nc2ncc(Cl)c(Nc3cccnc3S(=O)(=O)C(C)C)n2)c(OC(C)C)cc1C1=CCNCC1.Cc1cc(Nc2ncc(Cl)c(Nc3cccnc3S(=O)(=O)C(C)C)n2)c(OC(C)C)cc1C1=CCNCC1.Cl.Cl. The van der Waals surface area contributed by atoms with Crippen molar-refractivity contribution in [3.63, 3.8) is 0 Å². The monoisotopic (exact) mass is 1770 g/mol. The zero-order chi connectivity index (χ0) is 83.9. The molecule has 0 radical (unpaired) electrons. The smallest absolute Gasteiger partial charge is 0.229 e. The molecule has 9 aromatic rings. The number of piperidine rings is 1. The molecule has 0 bridgehead atoms. The zero-order valence-corrected chi connectivity index (χ0v) is 75.4. The molecule has 3 aromatic carbocycles. The van der Waals surface area contributed by atoms with E-state index in [1.54, 1.807) is 77.9 Å². The minimum atomic E-state index is -3.64. The standard InChI is InChI=1S/C28H38ClN7O3S.2C27H33ClN6O3S.2ClH/c1-18(2)39-25-16-21(36-14-11-20(12-15-36)35(5)6)9-10-23(25)33-28-31-17-22(29)26(34-28)32-24-8-7-13-30-27(24)40(37,38)19(3)4;2*1-16(2)37-24-14-20(19-8-11-29-12-9-19)18(5)13-23(24)33-27-31-15-21(28)25(34-27)32-22-7-6-10-30-26(22)38(35,36)17(3)4;;/h7-10,13,16-20H,11-12,14-15H2,1-6H3,(H2,31,32,33,34);2*6-8,10,13-17,29H,9,11-12H2,1-5H3,(H2,31,32,33,34);2*1H. The lowest BCUT2D eigenvalue weighted by Gasteiger charge is -2.36. The van der Waals surface area contributed by atoms with Crippen molar-refractivity contribution in [2.24, 2.45) is 0 Å². The number of pyridine rings is 3. The van der Waals surface area contributed by atoms with E-state index in [1.165, 1.54) is 48.3 Å². The minimum Gasteiger partial charge on any atom is -0.489 e. The second-order valence-corrected chi connectivity index (χ2v) is 38.3. The third-order valence-electron chi connectivity index (χ3n) is 18.8. The van der Waals surface area contributed by atoms with Crippen molar-refractivity contribution >= 4 is 175 Å². The van der Waals surface area contributed by atoms with E-state index in [4.69, 9.17) is 49.0 Å². The number of sulfone groups is 3. The molecular weight excluding hydrogens is 1670 g/mol. The molecule has 118 heavy (non-hydrogen) atoms. The highest BCUT2D eigenvalue weighted by atomic mass is 35.5. The lowest BCUT2D eigenvalue weighted by atomic mass is 9.95. The lowest BCUT2D eigenvalue weighted by Crippen LogP contribution is -2.42. The number of hydrogen-bond acceptors (Lipinski definition) is 28. The van der Waals surface area contributed by atoms with Gasteiger partial charge in [-0.3, -0.25) is 0 Å². The molecule has 0 amide bonds. The highest BCUT2D eigenvalue weighted by molar-refractivity contribution is 7.92. The van der Waals surface area contributed by atoms with Crippen molar-refractivity contribution in [2.75, 3.05) is 90.2 Å². The number of nitrogens with zero attached hydrogens (tertiary/aromatic N) is 11. The van der Waals surface area contributed by atoms with Gasteiger partial charge in [-0.05, 0) is 256 Å². The topological polar surface area (TPSA) is 349 Å². The molecule has 8 N–H and O–H groups in total. The molecule has 0 atom stereocenters. The Bertz CT molecular complexity index is 5170. The molecule has 0 aliphatic carbocycles. The molecule has 0 spiro atoms. The summed E-state index contributed by atoms with van der Waals surface area (Å²) in [6.45, 7) is 31.2. The Labute approximate surface area is 720 Å². The Balaban J connectivity index is 0.000000219. The van der Waals surface area contributed by atoms with Crippen LogP contribution in [0.4, 0.5) is 75.1 Å². The highest BCUT2D eigenvalue weighted by Gasteiger charge is 2.30. The zero-order valence-electron chi connectivity index (χ0n) is 69.0. The molecule has 9 heterocycles. The van der Waals surface area contributed by atoms with Crippen LogP contribution in [0.25, 0.3) is 11.1 Å². The van der Waals surface area contributed by atoms with E-state index < -0.39 is 45.3 Å². The van der Waals surface area contributed by atoms with Crippen molar-refractivity contribution in [2.45, 2.75) is 178 Å². The van der Waals surface area contributed by atoms with Crippen LogP contribution in [0.1, 0.15) is 131 Å². The molecule has 636 valence electrons. The van der Waals surface area contributed by atoms with Gasteiger partial charge in [0, 0.05) is 62.6 Å². The van der Waals surface area contributed by atoms with Gasteiger partial charge in [-0.2, -0.15) is 15.0 Å². The van der Waals surface area contributed by atoms with Crippen LogP contribution in [-0.4, -0.2) is 168 Å². The van der Waals surface area contributed by atoms with Gasteiger partial charge in [-0.25, -0.2) is 55.2 Å². The summed E-state index contributed by atoms with van der Waals surface area (Å²) < 4.78 is 95.5. The van der Waals surface area contributed by atoms with Gasteiger partial charge in [0.05, 0.1) is 86.8 Å². The summed E-state index contributed by atoms with van der Waals surface area (Å²) in [5, 5.41) is 24.1. The van der Waals surface area contributed by atoms with Crippen molar-refractivity contribution in [1.29, 1.82) is 0 Å². The number of aromatic nitrogens is 9. The molecule has 28 nitrogen and oxygen atoms in total. The summed E-state index contributed by atoms with van der Waals surface area (Å²) in [6.07, 6.45) is 17.1. The van der Waals surface area contributed by atoms with Crippen LogP contribution in [0.5, 0.6) is 17.2 Å². The van der Waals surface area contributed by atoms with Gasteiger partial charge in [0.15, 0.2) is 62.0 Å². The van der Waals surface area contributed by atoms with E-state index >= 15 is 0 Å². The number of rotatable bonds is 28. The number of nitrogens with one attached hydrogen (secondary N) is 8. The number of anilines is 13. The Morgan fingerprint density at radius 1 is 0.449 bits per heavy atom. The molecule has 0 saturated carbocycles. The van der Waals surface area contributed by atoms with Crippen LogP contribution in [0.3, 0.4) is 0 Å². The molecule has 1 saturated heterocycles. The average Bonchev–Trinajstić information content (AvgIpc) is 0.809. The fraction of sp³-hybridized carbons (Fsp3) is 0.402. The maximum Gasteiger partial charge on any atom is 0.229 e. The summed E-state index contributed by atoms with van der Waals surface area (Å²) in [7, 11) is -6.63. The Kier molecular flexibility index (Phi) is 33.9. The second-order valence-electron chi connectivity index (χ2n) is 29.8. The molecule has 6 aromatic heterocycles. The first-order valence-electron chi connectivity index (χ1n) is 38.5. The predicted octanol–water partition coefficient (Wildman–Crippen LogP) is 17.7. The fourth-order valence-electron chi connectivity index (χ4n) is 12.6. The third-order valence-corrected chi connectivity index (χ3v) is 25.9. The summed E-state index contributed by atoms with van der Waals surface area (Å²) >= 11 is 19.2. The summed E-state index contributed by atoms with van der Waals surface area (Å²) in [5.41, 5.74) is 11.2. The van der Waals surface area contributed by atoms with Crippen molar-refractivity contribution in [1.82, 2.24) is 60.4 Å². The number of ether oxygens (including phenoxy) is 3. The van der Waals surface area contributed by atoms with E-state index in [-0.39, 0.29) is 126 Å². The number of aryl methyl sites for hydroxylation is 2. The van der Waals surface area contributed by atoms with Crippen molar-refractivity contribution in [3.05, 3.63) is 166 Å². The maximum absolute atomic E-state index is 12.8. The number of halogens is 5. The first-order valence-corrected chi connectivity index (χ1v) is 44.3. The second kappa shape index (κ2) is 42.3. The molecule has 0 unspecified atom stereocenters. The van der Waals surface area contributed by atoms with Gasteiger partial charge in [0.1, 0.15) is 32.3 Å². The molecule has 3 aliphatic rings. The summed E-state index contributed by atoms with van der Waals surface area (Å²) in [5.74, 6) is 3.63. The number of benzene rings is 3. The van der Waals surface area contributed by atoms with Crippen LogP contribution in [0.2, 0.25) is 15.1 Å². The van der Waals surface area contributed by atoms with Crippen LogP contribution < -0.4 is 61.6 Å². The largest absolute Gasteiger partial charge is 0.489 e. The first kappa shape index (κ1) is 94.5. The van der Waals surface area contributed by atoms with Crippen molar-refractivity contribution < 1.29 is 39.5 Å². The van der Waals surface area contributed by atoms with Crippen LogP contribution in [0, 0.1) is 13.8 Å². The molecule has 3 aliphatic heterocycles. The van der Waals surface area contributed by atoms with Gasteiger partial charge in [0.25, 0.3) is 0 Å². The van der Waals surface area contributed by atoms with Crippen LogP contribution >= 0.6 is 59.6 Å². The van der Waals surface area contributed by atoms with E-state index in [9.17, 15) is 25.3 Å². The van der Waals surface area contributed by atoms with Crippen molar-refractivity contribution in [3.8, 4) is 17.2 Å². The minimum absolute atomic E-state index is 0. The van der Waals surface area contributed by atoms with Gasteiger partial charge in [-0.15, -0.1) is 24.8 Å². The third kappa shape index (κ3) is 24.4. The molecular formula is C82H106Cl5N19O9S3.